The molecule has 4 aliphatic heterocycles. The van der Waals surface area contributed by atoms with Crippen molar-refractivity contribution in [3.8, 4) is 11.3 Å². The SMILES string of the molecule is C=CC(=O)Nc1cc(Nc2nc(-c3ccnc(N4CCn5c(cc6c5CC(C)(C)C6)C4=O)c3CO)cn(C)c2=O)ccc1N1CCN(C2CCN(c3ccc4c(c3)CN(C3CCCCC3)C4=O)[C@@H](C)C2)C[C@@H]1C. The molecule has 0 spiro atoms. The van der Waals surface area contributed by atoms with E-state index in [-0.39, 0.29) is 40.6 Å². The predicted octanol–water partition coefficient (Wildman–Crippen LogP) is 7.65. The van der Waals surface area contributed by atoms with Gasteiger partial charge in [-0.2, -0.15) is 0 Å². The Balaban J connectivity index is 0.777. The van der Waals surface area contributed by atoms with Crippen molar-refractivity contribution >= 4 is 52.1 Å². The number of hydrogen-bond donors (Lipinski definition) is 3. The van der Waals surface area contributed by atoms with Crippen LogP contribution in [-0.2, 0) is 44.4 Å². The summed E-state index contributed by atoms with van der Waals surface area (Å²) in [4.78, 5) is 74.9. The highest BCUT2D eigenvalue weighted by Gasteiger charge is 2.39. The second kappa shape index (κ2) is 19.2. The Labute approximate surface area is 427 Å². The van der Waals surface area contributed by atoms with Gasteiger partial charge in [0, 0.05) is 123 Å². The van der Waals surface area contributed by atoms with E-state index in [1.807, 2.05) is 24.3 Å². The first-order chi connectivity index (χ1) is 35.2. The summed E-state index contributed by atoms with van der Waals surface area (Å²) < 4.78 is 3.59. The van der Waals surface area contributed by atoms with Gasteiger partial charge in [0.15, 0.2) is 5.82 Å². The number of aromatic nitrogens is 4. The molecule has 2 aliphatic carbocycles. The van der Waals surface area contributed by atoms with Crippen LogP contribution < -0.4 is 30.9 Å². The maximum Gasteiger partial charge on any atom is 0.293 e. The van der Waals surface area contributed by atoms with E-state index in [2.05, 4.69) is 92.3 Å². The second-order valence-corrected chi connectivity index (χ2v) is 22.2. The maximum absolute atomic E-state index is 14.1. The topological polar surface area (TPSA) is 164 Å². The molecule has 0 radical (unpaired) electrons. The maximum atomic E-state index is 14.1. The van der Waals surface area contributed by atoms with Crippen LogP contribution in [0.15, 0.2) is 78.4 Å². The third-order valence-corrected chi connectivity index (χ3v) is 16.7. The van der Waals surface area contributed by atoms with E-state index >= 15 is 0 Å². The molecule has 16 heteroatoms. The van der Waals surface area contributed by atoms with Crippen molar-refractivity contribution in [2.24, 2.45) is 12.5 Å². The molecule has 73 heavy (non-hydrogen) atoms. The average molecular weight is 988 g/mol. The fourth-order valence-corrected chi connectivity index (χ4v) is 13.1. The number of fused-ring (bicyclic) bond motifs is 4. The van der Waals surface area contributed by atoms with Crippen LogP contribution in [0.4, 0.5) is 34.4 Å². The third-order valence-electron chi connectivity index (χ3n) is 16.7. The molecule has 1 unspecified atom stereocenters. The molecule has 16 nitrogen and oxygen atoms in total. The number of anilines is 6. The van der Waals surface area contributed by atoms with Crippen LogP contribution >= 0.6 is 0 Å². The average Bonchev–Trinajstić information content (AvgIpc) is 4.01. The van der Waals surface area contributed by atoms with Gasteiger partial charge in [0.2, 0.25) is 5.91 Å². The van der Waals surface area contributed by atoms with Gasteiger partial charge < -0.3 is 39.6 Å². The fourth-order valence-electron chi connectivity index (χ4n) is 13.1. The van der Waals surface area contributed by atoms with Gasteiger partial charge in [-0.25, -0.2) is 9.97 Å². The first-order valence-electron chi connectivity index (χ1n) is 26.4. The minimum Gasteiger partial charge on any atom is -0.392 e. The minimum atomic E-state index is -0.403. The smallest absolute Gasteiger partial charge is 0.293 e. The Morgan fingerprint density at radius 2 is 1.67 bits per heavy atom. The first kappa shape index (κ1) is 48.5. The Hall–Kier alpha value is -6.78. The van der Waals surface area contributed by atoms with Crippen LogP contribution in [0.1, 0.15) is 116 Å². The second-order valence-electron chi connectivity index (χ2n) is 22.2. The lowest BCUT2D eigenvalue weighted by Crippen LogP contribution is -2.58. The van der Waals surface area contributed by atoms with Gasteiger partial charge in [0.1, 0.15) is 11.5 Å². The highest BCUT2D eigenvalue weighted by molar-refractivity contribution is 6.06. The number of carbonyl (C=O) groups is 3. The molecule has 3 fully saturated rings. The van der Waals surface area contributed by atoms with E-state index in [9.17, 15) is 24.3 Å². The highest BCUT2D eigenvalue weighted by atomic mass is 16.3. The van der Waals surface area contributed by atoms with Crippen molar-refractivity contribution in [1.29, 1.82) is 0 Å². The quantitative estimate of drug-likeness (QED) is 0.112. The number of rotatable bonds is 11. The summed E-state index contributed by atoms with van der Waals surface area (Å²) in [5.74, 6) is 0.107. The monoisotopic (exact) mass is 988 g/mol. The number of carbonyl (C=O) groups excluding carboxylic acids is 3. The van der Waals surface area contributed by atoms with Gasteiger partial charge in [-0.15, -0.1) is 0 Å². The van der Waals surface area contributed by atoms with Crippen LogP contribution in [-0.4, -0.2) is 109 Å². The molecule has 3 atom stereocenters. The number of pyridine rings is 1. The van der Waals surface area contributed by atoms with Gasteiger partial charge in [0.05, 0.1) is 23.7 Å². The number of aryl methyl sites for hydroxylation is 1. The fraction of sp³-hybridized carbons (Fsp3) is 0.474. The number of piperazine rings is 1. The molecule has 3 aromatic heterocycles. The van der Waals surface area contributed by atoms with E-state index in [1.165, 1.54) is 52.4 Å². The van der Waals surface area contributed by atoms with E-state index in [0.29, 0.717) is 70.9 Å². The van der Waals surface area contributed by atoms with Gasteiger partial charge in [0.25, 0.3) is 17.4 Å². The number of aliphatic hydroxyl groups is 1. The van der Waals surface area contributed by atoms with Crippen LogP contribution in [0.5, 0.6) is 0 Å². The largest absolute Gasteiger partial charge is 0.392 e. The lowest BCUT2D eigenvalue weighted by molar-refractivity contribution is -0.111. The molecule has 2 saturated heterocycles. The molecule has 0 bridgehead atoms. The first-order valence-corrected chi connectivity index (χ1v) is 26.4. The molecular weight excluding hydrogens is 919 g/mol. The molecule has 11 rings (SSSR count). The highest BCUT2D eigenvalue weighted by Crippen LogP contribution is 2.41. The molecule has 6 aliphatic rings. The van der Waals surface area contributed by atoms with Gasteiger partial charge in [-0.1, -0.05) is 39.7 Å². The van der Waals surface area contributed by atoms with Crippen molar-refractivity contribution in [3.05, 3.63) is 118 Å². The van der Waals surface area contributed by atoms with Gasteiger partial charge in [-0.3, -0.25) is 29.0 Å². The van der Waals surface area contributed by atoms with E-state index < -0.39 is 6.61 Å². The summed E-state index contributed by atoms with van der Waals surface area (Å²) in [6.07, 6.45) is 14.3. The van der Waals surface area contributed by atoms with Crippen molar-refractivity contribution in [2.45, 2.75) is 129 Å². The molecule has 2 aromatic carbocycles. The van der Waals surface area contributed by atoms with Gasteiger partial charge in [-0.05, 0) is 124 Å². The summed E-state index contributed by atoms with van der Waals surface area (Å²) in [6.45, 7) is 17.6. The number of benzene rings is 2. The van der Waals surface area contributed by atoms with Crippen molar-refractivity contribution in [1.82, 2.24) is 28.9 Å². The van der Waals surface area contributed by atoms with E-state index in [0.717, 1.165) is 82.5 Å². The standard InChI is InChI=1S/C57H69N11O5/c1-7-51(70)60-46-28-39(59-52-56(73)62(6)33-47(61-52)44-17-19-58-53(45(44)34-69)67-24-23-66-49(55(67)72)27-37-29-57(4,5)30-50(37)66)13-16-48(46)65-22-21-63(31-36(65)3)41-18-20-64(35(2)25-41)42-14-15-43-38(26-42)32-68(54(43)71)40-11-9-8-10-12-40/h7,13-17,19,26-28,33,35-36,40-41,69H,1,8-12,18,20-25,29-32,34H2,2-6H3,(H,59,61)(H,60,70)/t35-,36-,41?/m0/s1. The molecule has 7 heterocycles. The lowest BCUT2D eigenvalue weighted by atomic mass is 9.90. The summed E-state index contributed by atoms with van der Waals surface area (Å²) in [6, 6.07) is 17.2. The molecule has 3 amide bonds. The summed E-state index contributed by atoms with van der Waals surface area (Å²) >= 11 is 0. The number of nitrogens with one attached hydrogen (secondary N) is 2. The van der Waals surface area contributed by atoms with E-state index in [4.69, 9.17) is 4.98 Å². The molecule has 5 aromatic rings. The summed E-state index contributed by atoms with van der Waals surface area (Å²) in [5.41, 5.74) is 9.52. The van der Waals surface area contributed by atoms with Crippen molar-refractivity contribution in [3.63, 3.8) is 0 Å². The van der Waals surface area contributed by atoms with Gasteiger partial charge >= 0.3 is 0 Å². The zero-order valence-corrected chi connectivity index (χ0v) is 43.0. The molecule has 382 valence electrons. The molecular formula is C57H69N11O5. The number of piperidine rings is 1. The lowest BCUT2D eigenvalue weighted by Gasteiger charge is -2.48. The van der Waals surface area contributed by atoms with Crippen LogP contribution in [0.3, 0.4) is 0 Å². The summed E-state index contributed by atoms with van der Waals surface area (Å²) in [5, 5.41) is 17.2. The Morgan fingerprint density at radius 1 is 0.849 bits per heavy atom. The summed E-state index contributed by atoms with van der Waals surface area (Å²) in [7, 11) is 1.65. The van der Waals surface area contributed by atoms with Crippen LogP contribution in [0, 0.1) is 5.41 Å². The normalized spacial score (nSPS) is 22.1. The third kappa shape index (κ3) is 9.00. The van der Waals surface area contributed by atoms with Crippen molar-refractivity contribution < 1.29 is 19.5 Å². The number of nitrogens with zero attached hydrogens (tertiary/aromatic N) is 9. The van der Waals surface area contributed by atoms with Crippen molar-refractivity contribution in [2.75, 3.05) is 58.1 Å². The number of amides is 3. The molecule has 3 N–H and O–H groups in total. The Morgan fingerprint density at radius 3 is 2.44 bits per heavy atom. The molecule has 1 saturated carbocycles. The Bertz CT molecular complexity index is 3080. The number of aliphatic hydroxyl groups excluding tert-OH is 1. The predicted molar refractivity (Wildman–Crippen MR) is 286 cm³/mol. The van der Waals surface area contributed by atoms with Crippen LogP contribution in [0.25, 0.3) is 11.3 Å². The minimum absolute atomic E-state index is 0.0511. The van der Waals surface area contributed by atoms with Crippen LogP contribution in [0.2, 0.25) is 0 Å². The Kier molecular flexibility index (Phi) is 12.8. The van der Waals surface area contributed by atoms with E-state index in [1.54, 1.807) is 30.4 Å². The zero-order valence-electron chi connectivity index (χ0n) is 43.0. The zero-order chi connectivity index (χ0) is 50.9. The number of hydrogen-bond acceptors (Lipinski definition) is 11.